The van der Waals surface area contributed by atoms with Crippen molar-refractivity contribution in [1.82, 2.24) is 29.6 Å². The molecule has 10 nitrogen and oxygen atoms in total. The van der Waals surface area contributed by atoms with Crippen molar-refractivity contribution in [2.45, 2.75) is 45.3 Å². The highest BCUT2D eigenvalue weighted by Crippen LogP contribution is 2.55. The molecule has 4 heterocycles. The number of aromatic nitrogens is 5. The van der Waals surface area contributed by atoms with Crippen molar-refractivity contribution < 1.29 is 14.3 Å². The Kier molecular flexibility index (Phi) is 5.70. The van der Waals surface area contributed by atoms with E-state index in [1.54, 1.807) is 17.4 Å². The van der Waals surface area contributed by atoms with Crippen LogP contribution in [0.25, 0.3) is 22.4 Å². The lowest BCUT2D eigenvalue weighted by molar-refractivity contribution is -0.0920. The summed E-state index contributed by atoms with van der Waals surface area (Å²) in [6, 6.07) is 13.6. The van der Waals surface area contributed by atoms with Gasteiger partial charge in [0, 0.05) is 25.6 Å². The molecule has 1 saturated heterocycles. The Morgan fingerprint density at radius 3 is 2.45 bits per heavy atom. The molecule has 2 aliphatic rings. The van der Waals surface area contributed by atoms with Crippen molar-refractivity contribution in [3.63, 3.8) is 0 Å². The molecule has 0 unspecified atom stereocenters. The number of nitrogens with one attached hydrogen (secondary N) is 1. The number of amides is 1. The Labute approximate surface area is 221 Å². The average Bonchev–Trinajstić information content (AvgIpc) is 3.22. The summed E-state index contributed by atoms with van der Waals surface area (Å²) >= 11 is 0. The van der Waals surface area contributed by atoms with Gasteiger partial charge in [-0.15, -0.1) is 0 Å². The van der Waals surface area contributed by atoms with E-state index in [1.807, 2.05) is 75.0 Å². The molecule has 1 aromatic carbocycles. The molecule has 196 valence electrons. The van der Waals surface area contributed by atoms with E-state index in [0.717, 1.165) is 35.3 Å². The van der Waals surface area contributed by atoms with E-state index in [2.05, 4.69) is 20.3 Å². The van der Waals surface area contributed by atoms with E-state index >= 15 is 0 Å². The van der Waals surface area contributed by atoms with Gasteiger partial charge in [-0.05, 0) is 57.9 Å². The fourth-order valence-corrected chi connectivity index (χ4v) is 5.39. The Balaban J connectivity index is 1.23. The molecule has 0 radical (unpaired) electrons. The SMILES string of the molecule is CNc1ncnc2c1c(-c1ccc(Oc3ccccc3)cn1)nn2C1CC2(C1)CN(C(=O)OC(C)(C)C)C2. The number of nitrogens with zero attached hydrogens (tertiary/aromatic N) is 6. The molecule has 3 aromatic heterocycles. The molecule has 4 aromatic rings. The van der Waals surface area contributed by atoms with E-state index < -0.39 is 5.60 Å². The quantitative estimate of drug-likeness (QED) is 0.383. The molecular formula is C28H31N7O3. The van der Waals surface area contributed by atoms with Crippen LogP contribution in [-0.2, 0) is 4.74 Å². The monoisotopic (exact) mass is 513 g/mol. The lowest BCUT2D eigenvalue weighted by Crippen LogP contribution is -2.64. The van der Waals surface area contributed by atoms with Crippen LogP contribution < -0.4 is 10.1 Å². The van der Waals surface area contributed by atoms with Crippen LogP contribution in [0.5, 0.6) is 11.5 Å². The summed E-state index contributed by atoms with van der Waals surface area (Å²) in [7, 11) is 1.84. The zero-order chi connectivity index (χ0) is 26.5. The van der Waals surface area contributed by atoms with Gasteiger partial charge in [0.1, 0.15) is 34.9 Å². The minimum absolute atomic E-state index is 0.119. The summed E-state index contributed by atoms with van der Waals surface area (Å²) in [5.41, 5.74) is 1.84. The average molecular weight is 514 g/mol. The van der Waals surface area contributed by atoms with Crippen LogP contribution in [0.4, 0.5) is 10.6 Å². The van der Waals surface area contributed by atoms with E-state index in [1.165, 1.54) is 0 Å². The standard InChI is InChI=1S/C28H31N7O3/c1-27(2,3)38-26(36)34-15-28(16-34)12-18(13-28)35-25-22(24(29-4)31-17-32-25)23(33-35)21-11-10-20(14-30-21)37-19-8-6-5-7-9-19/h5-11,14,17-18H,12-13,15-16H2,1-4H3,(H,29,31,32). The van der Waals surface area contributed by atoms with Crippen molar-refractivity contribution in [3.05, 3.63) is 55.0 Å². The molecule has 2 fully saturated rings. The maximum absolute atomic E-state index is 12.4. The summed E-state index contributed by atoms with van der Waals surface area (Å²) in [4.78, 5) is 27.9. The predicted octanol–water partition coefficient (Wildman–Crippen LogP) is 5.29. The molecular weight excluding hydrogens is 482 g/mol. The van der Waals surface area contributed by atoms with E-state index in [0.29, 0.717) is 30.4 Å². The predicted molar refractivity (Wildman–Crippen MR) is 143 cm³/mol. The fourth-order valence-electron chi connectivity index (χ4n) is 5.39. The lowest BCUT2D eigenvalue weighted by Gasteiger charge is -2.58. The molecule has 0 bridgehead atoms. The molecule has 1 saturated carbocycles. The second-order valence-corrected chi connectivity index (χ2v) is 11.2. The number of likely N-dealkylation sites (tertiary alicyclic amines) is 1. The van der Waals surface area contributed by atoms with Crippen LogP contribution in [0.1, 0.15) is 39.7 Å². The van der Waals surface area contributed by atoms with Gasteiger partial charge in [0.25, 0.3) is 0 Å². The van der Waals surface area contributed by atoms with Gasteiger partial charge in [-0.3, -0.25) is 4.98 Å². The molecule has 10 heteroatoms. The summed E-state index contributed by atoms with van der Waals surface area (Å²) in [5.74, 6) is 2.11. The fraction of sp³-hybridized carbons (Fsp3) is 0.393. The van der Waals surface area contributed by atoms with Gasteiger partial charge in [-0.2, -0.15) is 5.10 Å². The van der Waals surface area contributed by atoms with E-state index in [4.69, 9.17) is 14.6 Å². The van der Waals surface area contributed by atoms with Gasteiger partial charge < -0.3 is 19.7 Å². The first-order valence-corrected chi connectivity index (χ1v) is 12.8. The molecule has 38 heavy (non-hydrogen) atoms. The highest BCUT2D eigenvalue weighted by Gasteiger charge is 2.55. The van der Waals surface area contributed by atoms with Gasteiger partial charge in [0.05, 0.1) is 23.3 Å². The topological polar surface area (TPSA) is 107 Å². The second kappa shape index (κ2) is 8.97. The third-order valence-corrected chi connectivity index (χ3v) is 7.07. The van der Waals surface area contributed by atoms with Gasteiger partial charge in [-0.25, -0.2) is 19.4 Å². The van der Waals surface area contributed by atoms with Crippen LogP contribution >= 0.6 is 0 Å². The summed E-state index contributed by atoms with van der Waals surface area (Å²) in [6.45, 7) is 7.10. The second-order valence-electron chi connectivity index (χ2n) is 11.2. The number of hydrogen-bond donors (Lipinski definition) is 1. The zero-order valence-corrected chi connectivity index (χ0v) is 22.0. The van der Waals surface area contributed by atoms with Crippen LogP contribution in [0.3, 0.4) is 0 Å². The minimum atomic E-state index is -0.489. The van der Waals surface area contributed by atoms with E-state index in [-0.39, 0.29) is 17.6 Å². The first kappa shape index (κ1) is 24.1. The Hall–Kier alpha value is -4.21. The lowest BCUT2D eigenvalue weighted by atomic mass is 9.61. The molecule has 1 aliphatic heterocycles. The molecule has 1 N–H and O–H groups in total. The molecule has 1 spiro atoms. The number of para-hydroxylation sites is 1. The van der Waals surface area contributed by atoms with Gasteiger partial charge >= 0.3 is 6.09 Å². The largest absolute Gasteiger partial charge is 0.456 e. The summed E-state index contributed by atoms with van der Waals surface area (Å²) in [6.07, 6.45) is 4.88. The van der Waals surface area contributed by atoms with Crippen LogP contribution in [0.15, 0.2) is 55.0 Å². The number of carbonyl (C=O) groups is 1. The number of pyridine rings is 1. The number of benzene rings is 1. The number of rotatable bonds is 5. The Bertz CT molecular complexity index is 1460. The first-order chi connectivity index (χ1) is 18.2. The Morgan fingerprint density at radius 1 is 1.03 bits per heavy atom. The highest BCUT2D eigenvalue weighted by molar-refractivity contribution is 5.98. The smallest absolute Gasteiger partial charge is 0.410 e. The number of fused-ring (bicyclic) bond motifs is 1. The third kappa shape index (κ3) is 4.40. The molecule has 1 aliphatic carbocycles. The van der Waals surface area contributed by atoms with Gasteiger partial charge in [-0.1, -0.05) is 18.2 Å². The molecule has 1 amide bonds. The van der Waals surface area contributed by atoms with Crippen molar-refractivity contribution >= 4 is 22.9 Å². The minimum Gasteiger partial charge on any atom is -0.456 e. The van der Waals surface area contributed by atoms with Crippen molar-refractivity contribution in [3.8, 4) is 22.9 Å². The molecule has 0 atom stereocenters. The van der Waals surface area contributed by atoms with Crippen LogP contribution in [-0.4, -0.2) is 61.5 Å². The van der Waals surface area contributed by atoms with Crippen molar-refractivity contribution in [2.24, 2.45) is 5.41 Å². The Morgan fingerprint density at radius 2 is 1.79 bits per heavy atom. The number of anilines is 1. The van der Waals surface area contributed by atoms with Crippen LogP contribution in [0.2, 0.25) is 0 Å². The number of carbonyl (C=O) groups excluding carboxylic acids is 1. The maximum Gasteiger partial charge on any atom is 0.410 e. The zero-order valence-electron chi connectivity index (χ0n) is 22.0. The number of hydrogen-bond acceptors (Lipinski definition) is 8. The molecule has 6 rings (SSSR count). The highest BCUT2D eigenvalue weighted by atomic mass is 16.6. The number of ether oxygens (including phenoxy) is 2. The first-order valence-electron chi connectivity index (χ1n) is 12.8. The normalized spacial score (nSPS) is 16.7. The third-order valence-electron chi connectivity index (χ3n) is 7.07. The van der Waals surface area contributed by atoms with E-state index in [9.17, 15) is 4.79 Å². The van der Waals surface area contributed by atoms with Crippen molar-refractivity contribution in [2.75, 3.05) is 25.5 Å². The maximum atomic E-state index is 12.4. The van der Waals surface area contributed by atoms with Gasteiger partial charge in [0.15, 0.2) is 5.65 Å². The summed E-state index contributed by atoms with van der Waals surface area (Å²) < 4.78 is 13.4. The summed E-state index contributed by atoms with van der Waals surface area (Å²) in [5, 5.41) is 9.01. The van der Waals surface area contributed by atoms with Crippen molar-refractivity contribution in [1.29, 1.82) is 0 Å². The van der Waals surface area contributed by atoms with Gasteiger partial charge in [0.2, 0.25) is 0 Å². The van der Waals surface area contributed by atoms with Crippen LogP contribution in [0, 0.1) is 5.41 Å².